The van der Waals surface area contributed by atoms with Crippen molar-refractivity contribution in [1.29, 1.82) is 0 Å². The van der Waals surface area contributed by atoms with Gasteiger partial charge in [0.15, 0.2) is 0 Å². The molecular weight excluding hydrogens is 330 g/mol. The fourth-order valence-electron chi connectivity index (χ4n) is 2.26. The minimum atomic E-state index is -0.847. The van der Waals surface area contributed by atoms with Crippen molar-refractivity contribution in [3.05, 3.63) is 65.7 Å². The van der Waals surface area contributed by atoms with Crippen LogP contribution in [0.1, 0.15) is 36.9 Å². The molecule has 1 amide bonds. The number of hydrogen-bond acceptors (Lipinski definition) is 4. The summed E-state index contributed by atoms with van der Waals surface area (Å²) in [7, 11) is 1.58. The highest BCUT2D eigenvalue weighted by atomic mass is 16.6. The maximum absolute atomic E-state index is 12.2. The molecule has 0 radical (unpaired) electrons. The lowest BCUT2D eigenvalue weighted by atomic mass is 10.1. The highest BCUT2D eigenvalue weighted by Gasteiger charge is 2.23. The van der Waals surface area contributed by atoms with Gasteiger partial charge in [0.1, 0.15) is 18.4 Å². The molecule has 2 rings (SSSR count). The molecule has 1 N–H and O–H groups in total. The van der Waals surface area contributed by atoms with Crippen molar-refractivity contribution in [2.45, 2.75) is 32.4 Å². The molecule has 0 spiro atoms. The van der Waals surface area contributed by atoms with Crippen LogP contribution in [0.25, 0.3) is 0 Å². The standard InChI is InChI=1S/C21H23NO4/c1-3-4-6-11-20(18-12-14-19(25-2)15-13-18)22(24)21(23)26-16-17-9-7-5-8-10-17/h5,7-10,12-15,20,24H,3-4,16H2,1-2H3. The molecule has 0 aliphatic rings. The van der Waals surface area contributed by atoms with Gasteiger partial charge in [0, 0.05) is 6.42 Å². The van der Waals surface area contributed by atoms with E-state index in [1.165, 1.54) is 0 Å². The zero-order chi connectivity index (χ0) is 18.8. The molecule has 1 atom stereocenters. The second-order valence-electron chi connectivity index (χ2n) is 5.63. The zero-order valence-electron chi connectivity index (χ0n) is 15.0. The van der Waals surface area contributed by atoms with Gasteiger partial charge in [-0.05, 0) is 29.7 Å². The highest BCUT2D eigenvalue weighted by Crippen LogP contribution is 2.22. The Morgan fingerprint density at radius 3 is 2.46 bits per heavy atom. The Labute approximate surface area is 154 Å². The summed E-state index contributed by atoms with van der Waals surface area (Å²) in [6, 6.07) is 15.5. The Balaban J connectivity index is 2.12. The van der Waals surface area contributed by atoms with Crippen molar-refractivity contribution in [2.75, 3.05) is 7.11 Å². The van der Waals surface area contributed by atoms with Gasteiger partial charge >= 0.3 is 6.09 Å². The smallest absolute Gasteiger partial charge is 0.435 e. The van der Waals surface area contributed by atoms with Gasteiger partial charge in [-0.25, -0.2) is 4.79 Å². The minimum Gasteiger partial charge on any atom is -0.497 e. The second kappa shape index (κ2) is 10.1. The Morgan fingerprint density at radius 2 is 1.85 bits per heavy atom. The van der Waals surface area contributed by atoms with Gasteiger partial charge in [0.25, 0.3) is 0 Å². The number of nitrogens with zero attached hydrogens (tertiary/aromatic N) is 1. The lowest BCUT2D eigenvalue weighted by molar-refractivity contribution is -0.0935. The third-order valence-corrected chi connectivity index (χ3v) is 3.68. The average molecular weight is 353 g/mol. The lowest BCUT2D eigenvalue weighted by Gasteiger charge is -2.22. The van der Waals surface area contributed by atoms with E-state index in [9.17, 15) is 10.0 Å². The van der Waals surface area contributed by atoms with Gasteiger partial charge in [-0.3, -0.25) is 5.21 Å². The summed E-state index contributed by atoms with van der Waals surface area (Å²) < 4.78 is 10.3. The highest BCUT2D eigenvalue weighted by molar-refractivity contribution is 5.67. The Morgan fingerprint density at radius 1 is 1.15 bits per heavy atom. The first-order chi connectivity index (χ1) is 12.7. The van der Waals surface area contributed by atoms with Crippen molar-refractivity contribution in [3.8, 4) is 17.6 Å². The molecule has 1 unspecified atom stereocenters. The maximum Gasteiger partial charge on any atom is 0.435 e. The van der Waals surface area contributed by atoms with Crippen molar-refractivity contribution in [2.24, 2.45) is 0 Å². The first-order valence-corrected chi connectivity index (χ1v) is 8.46. The van der Waals surface area contributed by atoms with E-state index in [0.29, 0.717) is 22.8 Å². The Bertz CT molecular complexity index is 747. The SMILES string of the molecule is CCCC#CC(c1ccc(OC)cc1)N(O)C(=O)OCc1ccccc1. The third-order valence-electron chi connectivity index (χ3n) is 3.68. The number of benzene rings is 2. The summed E-state index contributed by atoms with van der Waals surface area (Å²) in [6.07, 6.45) is 0.728. The average Bonchev–Trinajstić information content (AvgIpc) is 2.70. The number of unbranched alkanes of at least 4 members (excludes halogenated alkanes) is 1. The van der Waals surface area contributed by atoms with E-state index in [4.69, 9.17) is 9.47 Å². The molecule has 0 aliphatic heterocycles. The molecule has 136 valence electrons. The topological polar surface area (TPSA) is 59.0 Å². The molecule has 0 aromatic heterocycles. The Kier molecular flexibility index (Phi) is 7.53. The summed E-state index contributed by atoms with van der Waals surface area (Å²) in [5, 5.41) is 10.9. The Hall–Kier alpha value is -2.97. The number of carbonyl (C=O) groups is 1. The molecular formula is C21H23NO4. The largest absolute Gasteiger partial charge is 0.497 e. The molecule has 2 aromatic carbocycles. The van der Waals surface area contributed by atoms with E-state index in [-0.39, 0.29) is 6.61 Å². The molecule has 0 saturated carbocycles. The minimum absolute atomic E-state index is 0.0778. The maximum atomic E-state index is 12.2. The van der Waals surface area contributed by atoms with Crippen LogP contribution in [0.3, 0.4) is 0 Å². The summed E-state index contributed by atoms with van der Waals surface area (Å²) >= 11 is 0. The van der Waals surface area contributed by atoms with Crippen molar-refractivity contribution in [3.63, 3.8) is 0 Å². The van der Waals surface area contributed by atoms with E-state index in [1.807, 2.05) is 37.3 Å². The third kappa shape index (κ3) is 5.54. The van der Waals surface area contributed by atoms with Crippen LogP contribution in [-0.4, -0.2) is 23.5 Å². The fraction of sp³-hybridized carbons (Fsp3) is 0.286. The van der Waals surface area contributed by atoms with Gasteiger partial charge < -0.3 is 9.47 Å². The number of hydroxylamine groups is 2. The normalized spacial score (nSPS) is 11.0. The number of hydrogen-bond donors (Lipinski definition) is 1. The van der Waals surface area contributed by atoms with Crippen LogP contribution in [0.4, 0.5) is 4.79 Å². The van der Waals surface area contributed by atoms with Crippen LogP contribution in [0.2, 0.25) is 0 Å². The number of ether oxygens (including phenoxy) is 2. The number of carbonyl (C=O) groups excluding carboxylic acids is 1. The van der Waals surface area contributed by atoms with Gasteiger partial charge in [0.2, 0.25) is 0 Å². The van der Waals surface area contributed by atoms with Gasteiger partial charge in [-0.15, -0.1) is 5.92 Å². The first-order valence-electron chi connectivity index (χ1n) is 8.46. The lowest BCUT2D eigenvalue weighted by Crippen LogP contribution is -2.31. The molecule has 5 nitrogen and oxygen atoms in total. The number of amides is 1. The van der Waals surface area contributed by atoms with Crippen LogP contribution in [0.5, 0.6) is 5.75 Å². The summed E-state index contributed by atoms with van der Waals surface area (Å²) in [5.41, 5.74) is 1.51. The van der Waals surface area contributed by atoms with E-state index in [1.54, 1.807) is 31.4 Å². The molecule has 26 heavy (non-hydrogen) atoms. The summed E-state index contributed by atoms with van der Waals surface area (Å²) in [5.74, 6) is 6.60. The summed E-state index contributed by atoms with van der Waals surface area (Å²) in [4.78, 5) is 12.2. The number of rotatable bonds is 6. The van der Waals surface area contributed by atoms with Crippen LogP contribution < -0.4 is 4.74 Å². The van der Waals surface area contributed by atoms with Crippen LogP contribution >= 0.6 is 0 Å². The first kappa shape index (κ1) is 19.4. The van der Waals surface area contributed by atoms with Crippen LogP contribution in [0, 0.1) is 11.8 Å². The van der Waals surface area contributed by atoms with E-state index >= 15 is 0 Å². The zero-order valence-corrected chi connectivity index (χ0v) is 15.0. The van der Waals surface area contributed by atoms with Crippen LogP contribution in [-0.2, 0) is 11.3 Å². The van der Waals surface area contributed by atoms with Crippen molar-refractivity contribution < 1.29 is 19.5 Å². The molecule has 5 heteroatoms. The monoisotopic (exact) mass is 353 g/mol. The fourth-order valence-corrected chi connectivity index (χ4v) is 2.26. The van der Waals surface area contributed by atoms with Crippen molar-refractivity contribution >= 4 is 6.09 Å². The van der Waals surface area contributed by atoms with Gasteiger partial charge in [0.05, 0.1) is 7.11 Å². The molecule has 0 bridgehead atoms. The molecule has 2 aromatic rings. The predicted octanol–water partition coefficient (Wildman–Crippen LogP) is 4.57. The second-order valence-corrected chi connectivity index (χ2v) is 5.63. The molecule has 0 fully saturated rings. The van der Waals surface area contributed by atoms with E-state index in [2.05, 4.69) is 11.8 Å². The van der Waals surface area contributed by atoms with Crippen LogP contribution in [0.15, 0.2) is 54.6 Å². The van der Waals surface area contributed by atoms with Gasteiger partial charge in [-0.2, -0.15) is 5.06 Å². The summed E-state index contributed by atoms with van der Waals surface area (Å²) in [6.45, 7) is 2.09. The molecule has 0 aliphatic carbocycles. The molecule has 0 heterocycles. The predicted molar refractivity (Wildman–Crippen MR) is 98.7 cm³/mol. The molecule has 0 saturated heterocycles. The van der Waals surface area contributed by atoms with Gasteiger partial charge in [-0.1, -0.05) is 55.3 Å². The number of methoxy groups -OCH3 is 1. The van der Waals surface area contributed by atoms with E-state index < -0.39 is 12.1 Å². The van der Waals surface area contributed by atoms with Crippen molar-refractivity contribution in [1.82, 2.24) is 5.06 Å². The quantitative estimate of drug-likeness (QED) is 0.470. The van der Waals surface area contributed by atoms with E-state index in [0.717, 1.165) is 12.0 Å².